The lowest BCUT2D eigenvalue weighted by atomic mass is 10.0. The number of nitrogens with zero attached hydrogens (tertiary/aromatic N) is 3. The number of benzene rings is 1. The maximum Gasteiger partial charge on any atom is 0.225 e. The van der Waals surface area contributed by atoms with E-state index in [0.717, 1.165) is 24.8 Å². The minimum absolute atomic E-state index is 0.0192. The number of hydrogen-bond acceptors (Lipinski definition) is 7. The van der Waals surface area contributed by atoms with Gasteiger partial charge in [0.25, 0.3) is 0 Å². The highest BCUT2D eigenvalue weighted by molar-refractivity contribution is 8.02. The molecule has 1 aliphatic carbocycles. The maximum atomic E-state index is 12.7. The van der Waals surface area contributed by atoms with Gasteiger partial charge in [-0.2, -0.15) is 0 Å². The van der Waals surface area contributed by atoms with Crippen LogP contribution in [0.25, 0.3) is 0 Å². The molecule has 1 fully saturated rings. The van der Waals surface area contributed by atoms with Crippen LogP contribution in [-0.2, 0) is 16.0 Å². The number of carbonyl (C=O) groups is 3. The number of Topliss-reactive ketones (excluding diaryl/α,β-unsaturated/α-hetero) is 1. The van der Waals surface area contributed by atoms with Gasteiger partial charge in [0.05, 0.1) is 5.25 Å². The quantitative estimate of drug-likeness (QED) is 0.372. The van der Waals surface area contributed by atoms with Crippen molar-refractivity contribution in [1.29, 1.82) is 0 Å². The third-order valence-corrected chi connectivity index (χ3v) is 6.63. The fourth-order valence-corrected chi connectivity index (χ4v) is 5.06. The zero-order valence-electron chi connectivity index (χ0n) is 16.7. The molecule has 3 rings (SSSR count). The number of amides is 2. The lowest BCUT2D eigenvalue weighted by Crippen LogP contribution is -2.30. The summed E-state index contributed by atoms with van der Waals surface area (Å²) in [6.07, 6.45) is 2.72. The zero-order valence-corrected chi connectivity index (χ0v) is 18.3. The summed E-state index contributed by atoms with van der Waals surface area (Å²) in [5.74, 6) is -0.0558. The SMILES string of the molecule is CC(=O)NCCc1ccc(C(=O)C(C)Sc2nnc(N(C(C)=O)C3CC3)s2)cc1. The van der Waals surface area contributed by atoms with Crippen molar-refractivity contribution in [1.82, 2.24) is 15.5 Å². The predicted molar refractivity (Wildman–Crippen MR) is 115 cm³/mol. The van der Waals surface area contributed by atoms with Gasteiger partial charge < -0.3 is 5.32 Å². The summed E-state index contributed by atoms with van der Waals surface area (Å²) in [5, 5.41) is 11.4. The molecule has 0 bridgehead atoms. The molecule has 154 valence electrons. The molecule has 7 nitrogen and oxygen atoms in total. The van der Waals surface area contributed by atoms with Crippen LogP contribution >= 0.6 is 23.1 Å². The third kappa shape index (κ3) is 5.86. The molecule has 2 aromatic rings. The van der Waals surface area contributed by atoms with Gasteiger partial charge in [-0.3, -0.25) is 19.3 Å². The molecule has 1 atom stereocenters. The topological polar surface area (TPSA) is 92.3 Å². The monoisotopic (exact) mass is 432 g/mol. The Morgan fingerprint density at radius 2 is 1.90 bits per heavy atom. The average molecular weight is 433 g/mol. The zero-order chi connectivity index (χ0) is 21.0. The van der Waals surface area contributed by atoms with Crippen molar-refractivity contribution in [2.45, 2.75) is 55.7 Å². The van der Waals surface area contributed by atoms with Crippen LogP contribution in [0.15, 0.2) is 28.6 Å². The molecule has 0 radical (unpaired) electrons. The van der Waals surface area contributed by atoms with Crippen LogP contribution in [0.2, 0.25) is 0 Å². The largest absolute Gasteiger partial charge is 0.356 e. The van der Waals surface area contributed by atoms with E-state index in [0.29, 0.717) is 21.6 Å². The second-order valence-corrected chi connectivity index (χ2v) is 9.57. The Kier molecular flexibility index (Phi) is 7.02. The van der Waals surface area contributed by atoms with E-state index in [1.807, 2.05) is 31.2 Å². The molecule has 1 saturated carbocycles. The van der Waals surface area contributed by atoms with Gasteiger partial charge in [-0.1, -0.05) is 47.4 Å². The number of anilines is 1. The minimum Gasteiger partial charge on any atom is -0.356 e. The summed E-state index contributed by atoms with van der Waals surface area (Å²) < 4.78 is 0.680. The first-order chi connectivity index (χ1) is 13.8. The number of rotatable bonds is 9. The van der Waals surface area contributed by atoms with E-state index in [4.69, 9.17) is 0 Å². The molecule has 9 heteroatoms. The van der Waals surface area contributed by atoms with Gasteiger partial charge in [-0.15, -0.1) is 10.2 Å². The van der Waals surface area contributed by atoms with Crippen molar-refractivity contribution < 1.29 is 14.4 Å². The molecule has 0 saturated heterocycles. The van der Waals surface area contributed by atoms with E-state index in [9.17, 15) is 14.4 Å². The number of nitrogens with one attached hydrogen (secondary N) is 1. The Bertz CT molecular complexity index is 893. The highest BCUT2D eigenvalue weighted by Gasteiger charge is 2.34. The second-order valence-electron chi connectivity index (χ2n) is 7.02. The lowest BCUT2D eigenvalue weighted by Gasteiger charge is -2.15. The highest BCUT2D eigenvalue weighted by atomic mass is 32.2. The van der Waals surface area contributed by atoms with E-state index in [-0.39, 0.29) is 28.9 Å². The molecule has 29 heavy (non-hydrogen) atoms. The van der Waals surface area contributed by atoms with Crippen molar-refractivity contribution in [2.75, 3.05) is 11.4 Å². The van der Waals surface area contributed by atoms with Crippen LogP contribution in [0.4, 0.5) is 5.13 Å². The van der Waals surface area contributed by atoms with Gasteiger partial charge in [0.1, 0.15) is 0 Å². The number of carbonyl (C=O) groups excluding carboxylic acids is 3. The fourth-order valence-electron chi connectivity index (χ4n) is 2.89. The summed E-state index contributed by atoms with van der Waals surface area (Å²) in [4.78, 5) is 37.2. The van der Waals surface area contributed by atoms with Gasteiger partial charge in [-0.05, 0) is 31.7 Å². The highest BCUT2D eigenvalue weighted by Crippen LogP contribution is 2.37. The number of hydrogen-bond donors (Lipinski definition) is 1. The molecule has 0 spiro atoms. The van der Waals surface area contributed by atoms with E-state index >= 15 is 0 Å². The summed E-state index contributed by atoms with van der Waals surface area (Å²) in [7, 11) is 0. The summed E-state index contributed by atoms with van der Waals surface area (Å²) in [5.41, 5.74) is 1.70. The molecule has 1 aliphatic rings. The van der Waals surface area contributed by atoms with E-state index in [1.165, 1.54) is 30.0 Å². The van der Waals surface area contributed by atoms with E-state index in [1.54, 1.807) is 11.8 Å². The lowest BCUT2D eigenvalue weighted by molar-refractivity contribution is -0.119. The first kappa shape index (κ1) is 21.4. The van der Waals surface area contributed by atoms with Gasteiger partial charge in [0.2, 0.25) is 16.9 Å². The molecule has 1 heterocycles. The molecule has 1 N–H and O–H groups in total. The summed E-state index contributed by atoms with van der Waals surface area (Å²) >= 11 is 2.71. The number of aromatic nitrogens is 2. The summed E-state index contributed by atoms with van der Waals surface area (Å²) in [6, 6.07) is 7.70. The Balaban J connectivity index is 1.58. The van der Waals surface area contributed by atoms with Crippen LogP contribution in [0.3, 0.4) is 0 Å². The van der Waals surface area contributed by atoms with E-state index in [2.05, 4.69) is 15.5 Å². The van der Waals surface area contributed by atoms with Crippen molar-refractivity contribution >= 4 is 45.8 Å². The molecule has 1 unspecified atom stereocenters. The van der Waals surface area contributed by atoms with Gasteiger partial charge in [0, 0.05) is 32.0 Å². The average Bonchev–Trinajstić information content (AvgIpc) is 3.40. The minimum atomic E-state index is -0.312. The second kappa shape index (κ2) is 9.49. The van der Waals surface area contributed by atoms with Crippen LogP contribution in [-0.4, -0.2) is 45.6 Å². The van der Waals surface area contributed by atoms with Crippen LogP contribution in [0, 0.1) is 0 Å². The molecule has 2 amide bonds. The standard InChI is InChI=1S/C20H24N4O3S2/c1-12(18(27)16-6-4-15(5-7-16)10-11-21-13(2)25)28-20-23-22-19(29-20)24(14(3)26)17-8-9-17/h4-7,12,17H,8-11H2,1-3H3,(H,21,25). The van der Waals surface area contributed by atoms with Gasteiger partial charge in [-0.25, -0.2) is 0 Å². The molecule has 1 aromatic heterocycles. The summed E-state index contributed by atoms with van der Waals surface area (Å²) in [6.45, 7) is 5.46. The first-order valence-electron chi connectivity index (χ1n) is 9.52. The molecular weight excluding hydrogens is 408 g/mol. The number of thioether (sulfide) groups is 1. The van der Waals surface area contributed by atoms with Crippen molar-refractivity contribution in [3.8, 4) is 0 Å². The van der Waals surface area contributed by atoms with Crippen molar-refractivity contribution in [3.05, 3.63) is 35.4 Å². The Labute approximate surface area is 178 Å². The van der Waals surface area contributed by atoms with Crippen LogP contribution in [0.1, 0.15) is 49.5 Å². The smallest absolute Gasteiger partial charge is 0.225 e. The maximum absolute atomic E-state index is 12.7. The van der Waals surface area contributed by atoms with Crippen LogP contribution in [0.5, 0.6) is 0 Å². The molecular formula is C20H24N4O3S2. The van der Waals surface area contributed by atoms with Crippen LogP contribution < -0.4 is 10.2 Å². The molecule has 1 aromatic carbocycles. The Hall–Kier alpha value is -2.26. The Morgan fingerprint density at radius 1 is 1.21 bits per heavy atom. The van der Waals surface area contributed by atoms with Crippen molar-refractivity contribution in [2.24, 2.45) is 0 Å². The normalized spacial score (nSPS) is 14.3. The van der Waals surface area contributed by atoms with E-state index < -0.39 is 0 Å². The number of ketones is 1. The first-order valence-corrected chi connectivity index (χ1v) is 11.2. The Morgan fingerprint density at radius 3 is 2.48 bits per heavy atom. The third-order valence-electron chi connectivity index (χ3n) is 4.53. The fraction of sp³-hybridized carbons (Fsp3) is 0.450. The van der Waals surface area contributed by atoms with Gasteiger partial charge in [0.15, 0.2) is 10.1 Å². The van der Waals surface area contributed by atoms with Gasteiger partial charge >= 0.3 is 0 Å². The predicted octanol–water partition coefficient (Wildman–Crippen LogP) is 3.10. The molecule has 0 aliphatic heterocycles. The van der Waals surface area contributed by atoms with Crippen molar-refractivity contribution in [3.63, 3.8) is 0 Å².